The molecule has 2 aromatic carbocycles. The van der Waals surface area contributed by atoms with Gasteiger partial charge < -0.3 is 15.3 Å². The van der Waals surface area contributed by atoms with Crippen molar-refractivity contribution >= 4 is 33.5 Å². The number of carbonyl (C=O) groups excluding carboxylic acids is 2. The number of nitrogens with zero attached hydrogens (tertiary/aromatic N) is 3. The molecular weight excluding hydrogens is 487 g/mol. The number of sulfonamides is 1. The average Bonchev–Trinajstić information content (AvgIpc) is 3.25. The van der Waals surface area contributed by atoms with Crippen molar-refractivity contribution in [2.75, 3.05) is 13.1 Å². The highest BCUT2D eigenvalue weighted by atomic mass is 32.2. The Morgan fingerprint density at radius 2 is 1.86 bits per heavy atom. The van der Waals surface area contributed by atoms with Gasteiger partial charge in [-0.05, 0) is 29.8 Å². The minimum absolute atomic E-state index is 0.107. The number of non-ortho nitro benzene ring substituents is 1. The lowest BCUT2D eigenvalue weighted by Gasteiger charge is -2.29. The second-order valence-electron chi connectivity index (χ2n) is 7.67. The Bertz CT molecular complexity index is 1270. The number of carboxylic acid groups (broad SMARTS) is 1. The van der Waals surface area contributed by atoms with Crippen LogP contribution in [0.5, 0.6) is 0 Å². The van der Waals surface area contributed by atoms with Gasteiger partial charge in [0.25, 0.3) is 11.6 Å². The molecule has 12 nitrogen and oxygen atoms in total. The number of amides is 2. The first-order valence-electron chi connectivity index (χ1n) is 10.2. The lowest BCUT2D eigenvalue weighted by molar-refractivity contribution is -0.384. The Labute approximate surface area is 199 Å². The summed E-state index contributed by atoms with van der Waals surface area (Å²) in [6.45, 7) is 0.787. The molecule has 3 rings (SSSR count). The topological polar surface area (TPSA) is 167 Å². The summed E-state index contributed by atoms with van der Waals surface area (Å²) >= 11 is 0. The van der Waals surface area contributed by atoms with E-state index in [2.05, 4.69) is 5.32 Å². The molecule has 2 aromatic rings. The van der Waals surface area contributed by atoms with Crippen molar-refractivity contribution in [2.45, 2.75) is 30.4 Å². The fraction of sp³-hybridized carbons (Fsp3) is 0.286. The number of nitro benzene ring substituents is 1. The summed E-state index contributed by atoms with van der Waals surface area (Å²) in [5.74, 6) is -3.60. The molecule has 0 aliphatic carbocycles. The molecule has 2 amide bonds. The number of nitro groups is 1. The maximum Gasteiger partial charge on any atom is 0.305 e. The van der Waals surface area contributed by atoms with Gasteiger partial charge in [0.1, 0.15) is 5.82 Å². The summed E-state index contributed by atoms with van der Waals surface area (Å²) in [7, 11) is -4.35. The van der Waals surface area contributed by atoms with Crippen molar-refractivity contribution in [2.24, 2.45) is 0 Å². The summed E-state index contributed by atoms with van der Waals surface area (Å²) in [5.41, 5.74) is -0.228. The predicted molar refractivity (Wildman–Crippen MR) is 118 cm³/mol. The Morgan fingerprint density at radius 1 is 1.20 bits per heavy atom. The number of carbonyl (C=O) groups is 3. The van der Waals surface area contributed by atoms with E-state index >= 15 is 0 Å². The van der Waals surface area contributed by atoms with Gasteiger partial charge in [-0.15, -0.1) is 0 Å². The molecule has 14 heteroatoms. The van der Waals surface area contributed by atoms with E-state index in [4.69, 9.17) is 0 Å². The lowest BCUT2D eigenvalue weighted by Crippen LogP contribution is -2.54. The molecule has 186 valence electrons. The van der Waals surface area contributed by atoms with Crippen molar-refractivity contribution in [3.8, 4) is 0 Å². The molecule has 0 saturated carbocycles. The van der Waals surface area contributed by atoms with Crippen LogP contribution in [-0.4, -0.2) is 64.7 Å². The fourth-order valence-electron chi connectivity index (χ4n) is 3.73. The van der Waals surface area contributed by atoms with Crippen molar-refractivity contribution in [3.05, 3.63) is 70.0 Å². The number of carboxylic acids is 1. The highest BCUT2D eigenvalue weighted by Gasteiger charge is 2.46. The highest BCUT2D eigenvalue weighted by molar-refractivity contribution is 7.89. The molecule has 0 aromatic heterocycles. The van der Waals surface area contributed by atoms with Crippen LogP contribution in [-0.2, 0) is 24.4 Å². The molecule has 35 heavy (non-hydrogen) atoms. The van der Waals surface area contributed by atoms with E-state index in [0.717, 1.165) is 46.5 Å². The van der Waals surface area contributed by atoms with Crippen LogP contribution in [0.1, 0.15) is 24.9 Å². The zero-order valence-corrected chi connectivity index (χ0v) is 19.1. The first kappa shape index (κ1) is 25.7. The van der Waals surface area contributed by atoms with Gasteiger partial charge in [0.15, 0.2) is 6.17 Å². The third-order valence-corrected chi connectivity index (χ3v) is 7.23. The van der Waals surface area contributed by atoms with Gasteiger partial charge in [-0.1, -0.05) is 12.1 Å². The number of halogens is 1. The molecular formula is C21H21FN4O8S. The van der Waals surface area contributed by atoms with Crippen molar-refractivity contribution in [1.29, 1.82) is 0 Å². The maximum atomic E-state index is 13.3. The summed E-state index contributed by atoms with van der Waals surface area (Å²) in [4.78, 5) is 48.0. The monoisotopic (exact) mass is 508 g/mol. The third kappa shape index (κ3) is 5.60. The Kier molecular flexibility index (Phi) is 7.45. The first-order chi connectivity index (χ1) is 16.4. The van der Waals surface area contributed by atoms with Crippen LogP contribution < -0.4 is 5.32 Å². The largest absolute Gasteiger partial charge is 0.481 e. The van der Waals surface area contributed by atoms with Crippen LogP contribution in [0.2, 0.25) is 0 Å². The Hall–Kier alpha value is -3.91. The van der Waals surface area contributed by atoms with Gasteiger partial charge in [0.05, 0.1) is 22.3 Å². The van der Waals surface area contributed by atoms with Gasteiger partial charge in [-0.2, -0.15) is 4.31 Å². The Balaban J connectivity index is 1.97. The van der Waals surface area contributed by atoms with E-state index < -0.39 is 57.2 Å². The quantitative estimate of drug-likeness (QED) is 0.397. The number of rotatable bonds is 8. The molecule has 1 heterocycles. The molecule has 0 radical (unpaired) electrons. The van der Waals surface area contributed by atoms with Crippen molar-refractivity contribution < 1.29 is 37.2 Å². The number of nitrogens with one attached hydrogen (secondary N) is 1. The minimum Gasteiger partial charge on any atom is -0.481 e. The van der Waals surface area contributed by atoms with E-state index in [-0.39, 0.29) is 29.2 Å². The summed E-state index contributed by atoms with van der Waals surface area (Å²) in [6, 6.07) is 7.64. The smallest absolute Gasteiger partial charge is 0.305 e. The second-order valence-corrected chi connectivity index (χ2v) is 9.56. The van der Waals surface area contributed by atoms with Crippen LogP contribution in [0.4, 0.5) is 10.1 Å². The molecule has 1 fully saturated rings. The average molecular weight is 508 g/mol. The van der Waals surface area contributed by atoms with Gasteiger partial charge in [0.2, 0.25) is 15.9 Å². The van der Waals surface area contributed by atoms with Crippen molar-refractivity contribution in [3.63, 3.8) is 0 Å². The molecule has 1 aliphatic heterocycles. The van der Waals surface area contributed by atoms with E-state index in [0.29, 0.717) is 0 Å². The van der Waals surface area contributed by atoms with Gasteiger partial charge >= 0.3 is 5.97 Å². The molecule has 1 aliphatic rings. The van der Waals surface area contributed by atoms with Gasteiger partial charge in [-0.25, -0.2) is 12.8 Å². The molecule has 2 atom stereocenters. The second kappa shape index (κ2) is 10.1. The van der Waals surface area contributed by atoms with E-state index in [1.807, 2.05) is 0 Å². The van der Waals surface area contributed by atoms with Gasteiger partial charge in [0, 0.05) is 32.1 Å². The molecule has 0 spiro atoms. The maximum absolute atomic E-state index is 13.3. The summed E-state index contributed by atoms with van der Waals surface area (Å²) in [5, 5.41) is 22.8. The minimum atomic E-state index is -4.35. The lowest BCUT2D eigenvalue weighted by atomic mass is 10.0. The molecule has 2 N–H and O–H groups in total. The Morgan fingerprint density at radius 3 is 2.43 bits per heavy atom. The van der Waals surface area contributed by atoms with Crippen LogP contribution >= 0.6 is 0 Å². The SMILES string of the molecule is CC(=O)N1CCN(S(=O)(=O)c2ccc(F)cc2)C1C(=O)NC(CC(=O)O)c1cccc([N+](=O)[O-])c1. The molecule has 2 unspecified atom stereocenters. The number of benzene rings is 2. The van der Waals surface area contributed by atoms with Crippen LogP contribution in [0.25, 0.3) is 0 Å². The standard InChI is InChI=1S/C21H21FN4O8S/c1-13(27)24-9-10-25(35(33,34)17-7-5-15(22)6-8-17)21(24)20(30)23-18(12-19(28)29)14-3-2-4-16(11-14)26(31)32/h2-8,11,18,21H,9-10,12H2,1H3,(H,23,30)(H,28,29). The molecule has 0 bridgehead atoms. The number of hydrogen-bond acceptors (Lipinski definition) is 7. The van der Waals surface area contributed by atoms with Crippen molar-refractivity contribution in [1.82, 2.24) is 14.5 Å². The number of hydrogen-bond donors (Lipinski definition) is 2. The number of aliphatic carboxylic acids is 1. The first-order valence-corrected chi connectivity index (χ1v) is 11.7. The zero-order valence-electron chi connectivity index (χ0n) is 18.3. The normalized spacial score (nSPS) is 17.1. The van der Waals surface area contributed by atoms with Crippen LogP contribution in [0, 0.1) is 15.9 Å². The third-order valence-electron chi connectivity index (χ3n) is 5.37. The molecule has 1 saturated heterocycles. The highest BCUT2D eigenvalue weighted by Crippen LogP contribution is 2.27. The van der Waals surface area contributed by atoms with E-state index in [9.17, 15) is 42.4 Å². The van der Waals surface area contributed by atoms with E-state index in [1.54, 1.807) is 0 Å². The van der Waals surface area contributed by atoms with Gasteiger partial charge in [-0.3, -0.25) is 24.5 Å². The predicted octanol–water partition coefficient (Wildman–Crippen LogP) is 1.25. The zero-order chi connectivity index (χ0) is 25.9. The van der Waals surface area contributed by atoms with Crippen LogP contribution in [0.3, 0.4) is 0 Å². The fourth-order valence-corrected chi connectivity index (χ4v) is 5.28. The van der Waals surface area contributed by atoms with Crippen LogP contribution in [0.15, 0.2) is 53.4 Å². The summed E-state index contributed by atoms with van der Waals surface area (Å²) < 4.78 is 40.5. The van der Waals surface area contributed by atoms with E-state index in [1.165, 1.54) is 18.2 Å². The summed E-state index contributed by atoms with van der Waals surface area (Å²) in [6.07, 6.45) is -2.32.